The van der Waals surface area contributed by atoms with Crippen molar-refractivity contribution in [1.29, 1.82) is 0 Å². The van der Waals surface area contributed by atoms with Gasteiger partial charge in [-0.3, -0.25) is 0 Å². The number of ether oxygens (including phenoxy) is 1. The molecule has 2 nitrogen and oxygen atoms in total. The van der Waals surface area contributed by atoms with E-state index in [-0.39, 0.29) is 11.7 Å². The average molecular weight is 224 g/mol. The van der Waals surface area contributed by atoms with E-state index in [1.54, 1.807) is 0 Å². The van der Waals surface area contributed by atoms with Crippen molar-refractivity contribution in [2.75, 3.05) is 6.61 Å². The van der Waals surface area contributed by atoms with Gasteiger partial charge in [0.1, 0.15) is 0 Å². The van der Waals surface area contributed by atoms with E-state index in [4.69, 9.17) is 11.2 Å². The molecule has 1 aliphatic carbocycles. The molecule has 0 aromatic heterocycles. The summed E-state index contributed by atoms with van der Waals surface area (Å²) in [4.78, 5) is 0. The highest BCUT2D eigenvalue weighted by Gasteiger charge is 2.39. The highest BCUT2D eigenvalue weighted by molar-refractivity contribution is 4.92. The van der Waals surface area contributed by atoms with Gasteiger partial charge in [0.25, 0.3) is 0 Å². The highest BCUT2D eigenvalue weighted by Crippen LogP contribution is 2.36. The molecule has 1 aliphatic rings. The summed E-state index contributed by atoms with van der Waals surface area (Å²) in [5.41, 5.74) is -0.276. The van der Waals surface area contributed by atoms with E-state index in [1.807, 2.05) is 6.92 Å². The fourth-order valence-electron chi connectivity index (χ4n) is 2.67. The van der Waals surface area contributed by atoms with Crippen molar-refractivity contribution in [1.82, 2.24) is 0 Å². The summed E-state index contributed by atoms with van der Waals surface area (Å²) in [6.45, 7) is 2.69. The minimum atomic E-state index is -0.346. The number of aliphatic hydroxyl groups is 1. The second-order valence-corrected chi connectivity index (χ2v) is 4.67. The van der Waals surface area contributed by atoms with E-state index in [0.717, 1.165) is 32.1 Å². The number of unbranched alkanes of at least 4 members (excludes halogenated alkanes) is 1. The third-order valence-electron chi connectivity index (χ3n) is 3.54. The van der Waals surface area contributed by atoms with Crippen molar-refractivity contribution in [2.45, 2.75) is 70.0 Å². The molecule has 0 heterocycles. The maximum absolute atomic E-state index is 10.3. The van der Waals surface area contributed by atoms with Gasteiger partial charge in [0.15, 0.2) is 0 Å². The summed E-state index contributed by atoms with van der Waals surface area (Å²) < 4.78 is 5.86. The molecular formula is C14H24O2. The first-order valence-electron chi connectivity index (χ1n) is 6.50. The van der Waals surface area contributed by atoms with Gasteiger partial charge in [0.2, 0.25) is 0 Å². The summed E-state index contributed by atoms with van der Waals surface area (Å²) in [5.74, 6) is 2.62. The number of hydrogen-bond donors (Lipinski definition) is 1. The van der Waals surface area contributed by atoms with Crippen LogP contribution in [0.5, 0.6) is 0 Å². The normalized spacial score (nSPS) is 21.3. The zero-order valence-corrected chi connectivity index (χ0v) is 10.4. The summed E-state index contributed by atoms with van der Waals surface area (Å²) in [6.07, 6.45) is 12.9. The molecule has 16 heavy (non-hydrogen) atoms. The van der Waals surface area contributed by atoms with Crippen LogP contribution in [0, 0.1) is 12.3 Å². The van der Waals surface area contributed by atoms with Crippen LogP contribution in [0.2, 0.25) is 0 Å². The Balaban J connectivity index is 2.50. The Morgan fingerprint density at radius 2 is 2.06 bits per heavy atom. The van der Waals surface area contributed by atoms with E-state index < -0.39 is 0 Å². The van der Waals surface area contributed by atoms with Crippen molar-refractivity contribution in [2.24, 2.45) is 0 Å². The van der Waals surface area contributed by atoms with E-state index in [0.29, 0.717) is 6.61 Å². The molecule has 0 saturated heterocycles. The van der Waals surface area contributed by atoms with Crippen molar-refractivity contribution >= 4 is 0 Å². The zero-order chi connectivity index (χ0) is 11.9. The van der Waals surface area contributed by atoms with Crippen LogP contribution in [0.15, 0.2) is 0 Å². The topological polar surface area (TPSA) is 29.5 Å². The van der Waals surface area contributed by atoms with Crippen LogP contribution in [-0.4, -0.2) is 23.4 Å². The van der Waals surface area contributed by atoms with Gasteiger partial charge in [-0.05, 0) is 32.6 Å². The molecule has 0 aromatic rings. The predicted octanol–water partition coefficient (Wildman–Crippen LogP) is 2.89. The summed E-state index contributed by atoms with van der Waals surface area (Å²) >= 11 is 0. The standard InChI is InChI=1S/C14H24O2/c1-3-5-7-10-13(15)14(16-4-2)11-8-6-9-12-14/h1,13,15H,4-12H2,2H3. The third-order valence-corrected chi connectivity index (χ3v) is 3.54. The molecule has 1 saturated carbocycles. The van der Waals surface area contributed by atoms with Crippen molar-refractivity contribution in [3.8, 4) is 12.3 Å². The minimum absolute atomic E-state index is 0.276. The Morgan fingerprint density at radius 1 is 1.38 bits per heavy atom. The van der Waals surface area contributed by atoms with Gasteiger partial charge in [-0.2, -0.15) is 0 Å². The second-order valence-electron chi connectivity index (χ2n) is 4.67. The molecule has 0 aliphatic heterocycles. The average Bonchev–Trinajstić information content (AvgIpc) is 2.31. The van der Waals surface area contributed by atoms with Crippen LogP contribution >= 0.6 is 0 Å². The van der Waals surface area contributed by atoms with E-state index in [9.17, 15) is 5.11 Å². The molecule has 0 spiro atoms. The first-order valence-corrected chi connectivity index (χ1v) is 6.50. The smallest absolute Gasteiger partial charge is 0.0939 e. The van der Waals surface area contributed by atoms with Crippen LogP contribution in [0.25, 0.3) is 0 Å². The van der Waals surface area contributed by atoms with Gasteiger partial charge in [0, 0.05) is 13.0 Å². The monoisotopic (exact) mass is 224 g/mol. The van der Waals surface area contributed by atoms with E-state index >= 15 is 0 Å². The summed E-state index contributed by atoms with van der Waals surface area (Å²) in [7, 11) is 0. The second kappa shape index (κ2) is 6.93. The zero-order valence-electron chi connectivity index (χ0n) is 10.4. The van der Waals surface area contributed by atoms with Crippen molar-refractivity contribution < 1.29 is 9.84 Å². The van der Waals surface area contributed by atoms with Gasteiger partial charge in [-0.25, -0.2) is 0 Å². The Morgan fingerprint density at radius 3 is 2.62 bits per heavy atom. The molecule has 0 bridgehead atoms. The van der Waals surface area contributed by atoms with E-state index in [1.165, 1.54) is 19.3 Å². The molecule has 1 rings (SSSR count). The van der Waals surface area contributed by atoms with Crippen LogP contribution in [0.3, 0.4) is 0 Å². The Hall–Kier alpha value is -0.520. The largest absolute Gasteiger partial charge is 0.390 e. The van der Waals surface area contributed by atoms with Crippen molar-refractivity contribution in [3.63, 3.8) is 0 Å². The van der Waals surface area contributed by atoms with Crippen LogP contribution < -0.4 is 0 Å². The fraction of sp³-hybridized carbons (Fsp3) is 0.857. The fourth-order valence-corrected chi connectivity index (χ4v) is 2.67. The lowest BCUT2D eigenvalue weighted by Gasteiger charge is -2.40. The molecule has 1 atom stereocenters. The Bertz CT molecular complexity index is 218. The third kappa shape index (κ3) is 3.50. The molecule has 0 aromatic carbocycles. The van der Waals surface area contributed by atoms with Gasteiger partial charge < -0.3 is 9.84 Å². The summed E-state index contributed by atoms with van der Waals surface area (Å²) in [5, 5.41) is 10.3. The molecular weight excluding hydrogens is 200 g/mol. The SMILES string of the molecule is C#CCCCC(O)C1(OCC)CCCCC1. The Kier molecular flexibility index (Phi) is 5.87. The molecule has 0 amide bonds. The number of hydrogen-bond acceptors (Lipinski definition) is 2. The summed E-state index contributed by atoms with van der Waals surface area (Å²) in [6, 6.07) is 0. The van der Waals surface area contributed by atoms with Gasteiger partial charge >= 0.3 is 0 Å². The van der Waals surface area contributed by atoms with Crippen LogP contribution in [0.4, 0.5) is 0 Å². The van der Waals surface area contributed by atoms with Gasteiger partial charge in [0.05, 0.1) is 11.7 Å². The van der Waals surface area contributed by atoms with Crippen LogP contribution in [0.1, 0.15) is 58.3 Å². The quantitative estimate of drug-likeness (QED) is 0.555. The highest BCUT2D eigenvalue weighted by atomic mass is 16.5. The molecule has 2 heteroatoms. The lowest BCUT2D eigenvalue weighted by Crippen LogP contribution is -2.46. The Labute approximate surface area is 99.4 Å². The first-order chi connectivity index (χ1) is 7.75. The predicted molar refractivity (Wildman–Crippen MR) is 66.1 cm³/mol. The minimum Gasteiger partial charge on any atom is -0.390 e. The number of aliphatic hydroxyl groups excluding tert-OH is 1. The van der Waals surface area contributed by atoms with Gasteiger partial charge in [-0.15, -0.1) is 12.3 Å². The van der Waals surface area contributed by atoms with Gasteiger partial charge in [-0.1, -0.05) is 19.3 Å². The lowest BCUT2D eigenvalue weighted by molar-refractivity contribution is -0.141. The molecule has 1 unspecified atom stereocenters. The molecule has 92 valence electrons. The first kappa shape index (κ1) is 13.5. The maximum Gasteiger partial charge on any atom is 0.0939 e. The van der Waals surface area contributed by atoms with Crippen LogP contribution in [-0.2, 0) is 4.74 Å². The van der Waals surface area contributed by atoms with Crippen molar-refractivity contribution in [3.05, 3.63) is 0 Å². The number of rotatable bonds is 6. The molecule has 1 fully saturated rings. The lowest BCUT2D eigenvalue weighted by atomic mass is 9.79. The number of terminal acetylenes is 1. The molecule has 1 N–H and O–H groups in total. The maximum atomic E-state index is 10.3. The van der Waals surface area contributed by atoms with E-state index in [2.05, 4.69) is 5.92 Å². The molecule has 0 radical (unpaired) electrons.